The average Bonchev–Trinajstić information content (AvgIpc) is 2.40. The van der Waals surface area contributed by atoms with Gasteiger partial charge in [-0.3, -0.25) is 0 Å². The summed E-state index contributed by atoms with van der Waals surface area (Å²) < 4.78 is 6.04. The summed E-state index contributed by atoms with van der Waals surface area (Å²) in [7, 11) is 1.92. The van der Waals surface area contributed by atoms with E-state index in [0.717, 1.165) is 17.9 Å². The van der Waals surface area contributed by atoms with E-state index in [1.54, 1.807) is 0 Å². The minimum Gasteiger partial charge on any atom is -0.487 e. The van der Waals surface area contributed by atoms with E-state index in [1.807, 2.05) is 25.2 Å². The molecule has 0 bridgehead atoms. The van der Waals surface area contributed by atoms with Gasteiger partial charge in [-0.25, -0.2) is 0 Å². The first-order valence-electron chi connectivity index (χ1n) is 7.14. The van der Waals surface area contributed by atoms with Gasteiger partial charge >= 0.3 is 0 Å². The van der Waals surface area contributed by atoms with Crippen molar-refractivity contribution in [2.45, 2.75) is 33.9 Å². The second-order valence-corrected chi connectivity index (χ2v) is 5.83. The Morgan fingerprint density at radius 3 is 2.38 bits per heavy atom. The van der Waals surface area contributed by atoms with Crippen LogP contribution >= 0.6 is 11.6 Å². The fourth-order valence-electron chi connectivity index (χ4n) is 2.63. The molecule has 2 aromatic rings. The zero-order valence-electron chi connectivity index (χ0n) is 13.1. The first kappa shape index (κ1) is 15.9. The van der Waals surface area contributed by atoms with Gasteiger partial charge in [-0.05, 0) is 50.6 Å². The molecule has 0 aliphatic carbocycles. The van der Waals surface area contributed by atoms with Gasteiger partial charge in [0.1, 0.15) is 12.4 Å². The fraction of sp³-hybridized carbons (Fsp3) is 0.333. The van der Waals surface area contributed by atoms with Crippen LogP contribution in [0.2, 0.25) is 5.02 Å². The van der Waals surface area contributed by atoms with Crippen LogP contribution in [0, 0.1) is 20.8 Å². The van der Waals surface area contributed by atoms with E-state index >= 15 is 0 Å². The highest BCUT2D eigenvalue weighted by molar-refractivity contribution is 6.32. The van der Waals surface area contributed by atoms with E-state index in [-0.39, 0.29) is 0 Å². The first-order valence-corrected chi connectivity index (χ1v) is 7.52. The van der Waals surface area contributed by atoms with Gasteiger partial charge in [0, 0.05) is 12.1 Å². The summed E-state index contributed by atoms with van der Waals surface area (Å²) in [5, 5.41) is 3.80. The third-order valence-corrected chi connectivity index (χ3v) is 3.91. The van der Waals surface area contributed by atoms with Gasteiger partial charge in [-0.1, -0.05) is 41.4 Å². The molecule has 112 valence electrons. The molecule has 2 aromatic carbocycles. The van der Waals surface area contributed by atoms with Crippen LogP contribution in [0.4, 0.5) is 0 Å². The molecular formula is C18H22ClNO. The monoisotopic (exact) mass is 303 g/mol. The van der Waals surface area contributed by atoms with Crippen molar-refractivity contribution in [3.63, 3.8) is 0 Å². The number of ether oxygens (including phenoxy) is 1. The van der Waals surface area contributed by atoms with Crippen LogP contribution in [-0.4, -0.2) is 7.05 Å². The van der Waals surface area contributed by atoms with Crippen LogP contribution in [0.5, 0.6) is 5.75 Å². The predicted octanol–water partition coefficient (Wildman–Crippen LogP) is 4.56. The summed E-state index contributed by atoms with van der Waals surface area (Å²) in [6.07, 6.45) is 0. The van der Waals surface area contributed by atoms with Crippen LogP contribution in [0.25, 0.3) is 0 Å². The normalized spacial score (nSPS) is 10.7. The van der Waals surface area contributed by atoms with Gasteiger partial charge in [0.05, 0.1) is 5.02 Å². The van der Waals surface area contributed by atoms with Crippen molar-refractivity contribution in [1.82, 2.24) is 5.32 Å². The van der Waals surface area contributed by atoms with Crippen LogP contribution < -0.4 is 10.1 Å². The Morgan fingerprint density at radius 1 is 1.10 bits per heavy atom. The maximum atomic E-state index is 6.28. The summed E-state index contributed by atoms with van der Waals surface area (Å²) in [6.45, 7) is 7.64. The van der Waals surface area contributed by atoms with Gasteiger partial charge < -0.3 is 10.1 Å². The Bertz CT molecular complexity index is 614. The van der Waals surface area contributed by atoms with Crippen molar-refractivity contribution in [3.05, 3.63) is 63.2 Å². The number of aryl methyl sites for hydroxylation is 3. The molecule has 2 rings (SSSR count). The zero-order chi connectivity index (χ0) is 15.4. The maximum Gasteiger partial charge on any atom is 0.142 e. The van der Waals surface area contributed by atoms with E-state index in [4.69, 9.17) is 16.3 Å². The van der Waals surface area contributed by atoms with Crippen LogP contribution in [0.3, 0.4) is 0 Å². The van der Waals surface area contributed by atoms with E-state index in [1.165, 1.54) is 22.3 Å². The van der Waals surface area contributed by atoms with Crippen molar-refractivity contribution in [2.24, 2.45) is 0 Å². The second kappa shape index (κ2) is 6.97. The quantitative estimate of drug-likeness (QED) is 0.874. The molecule has 0 saturated carbocycles. The summed E-state index contributed by atoms with van der Waals surface area (Å²) in [6, 6.07) is 10.2. The van der Waals surface area contributed by atoms with Gasteiger partial charge in [-0.2, -0.15) is 0 Å². The number of hydrogen-bond acceptors (Lipinski definition) is 2. The molecule has 0 unspecified atom stereocenters. The third-order valence-electron chi connectivity index (χ3n) is 3.62. The molecular weight excluding hydrogens is 282 g/mol. The molecule has 1 N–H and O–H groups in total. The second-order valence-electron chi connectivity index (χ2n) is 5.42. The Morgan fingerprint density at radius 2 is 1.76 bits per heavy atom. The molecule has 0 aromatic heterocycles. The molecule has 0 heterocycles. The predicted molar refractivity (Wildman–Crippen MR) is 89.2 cm³/mol. The molecule has 0 fully saturated rings. The summed E-state index contributed by atoms with van der Waals surface area (Å²) >= 11 is 6.28. The molecule has 0 spiro atoms. The number of rotatable bonds is 5. The van der Waals surface area contributed by atoms with Crippen molar-refractivity contribution in [3.8, 4) is 5.75 Å². The minimum atomic E-state index is 0.540. The van der Waals surface area contributed by atoms with Gasteiger partial charge in [0.15, 0.2) is 0 Å². The Kier molecular flexibility index (Phi) is 5.27. The number of halogens is 1. The molecule has 0 saturated heterocycles. The fourth-order valence-corrected chi connectivity index (χ4v) is 2.88. The van der Waals surface area contributed by atoms with Crippen molar-refractivity contribution < 1.29 is 4.74 Å². The lowest BCUT2D eigenvalue weighted by molar-refractivity contribution is 0.301. The first-order chi connectivity index (χ1) is 10.0. The molecule has 0 amide bonds. The number of benzene rings is 2. The number of para-hydroxylation sites is 1. The molecule has 3 heteroatoms. The highest BCUT2D eigenvalue weighted by atomic mass is 35.5. The standard InChI is InChI=1S/C18H22ClNO/c1-12-8-13(2)16(14(3)9-12)11-21-18-15(10-20-4)6-5-7-17(18)19/h5-9,20H,10-11H2,1-4H3. The van der Waals surface area contributed by atoms with E-state index in [9.17, 15) is 0 Å². The maximum absolute atomic E-state index is 6.28. The van der Waals surface area contributed by atoms with Crippen LogP contribution in [-0.2, 0) is 13.2 Å². The Balaban J connectivity index is 2.25. The summed E-state index contributed by atoms with van der Waals surface area (Å²) in [4.78, 5) is 0. The lowest BCUT2D eigenvalue weighted by Crippen LogP contribution is -2.08. The molecule has 2 nitrogen and oxygen atoms in total. The van der Waals surface area contributed by atoms with Crippen molar-refractivity contribution in [2.75, 3.05) is 7.05 Å². The van der Waals surface area contributed by atoms with Gasteiger partial charge in [0.2, 0.25) is 0 Å². The van der Waals surface area contributed by atoms with E-state index in [0.29, 0.717) is 11.6 Å². The summed E-state index contributed by atoms with van der Waals surface area (Å²) in [5.74, 6) is 0.771. The SMILES string of the molecule is CNCc1cccc(Cl)c1OCc1c(C)cc(C)cc1C. The highest BCUT2D eigenvalue weighted by Crippen LogP contribution is 2.30. The molecule has 0 radical (unpaired) electrons. The zero-order valence-corrected chi connectivity index (χ0v) is 13.8. The molecule has 21 heavy (non-hydrogen) atoms. The van der Waals surface area contributed by atoms with Crippen LogP contribution in [0.1, 0.15) is 27.8 Å². The lowest BCUT2D eigenvalue weighted by atomic mass is 10.0. The summed E-state index contributed by atoms with van der Waals surface area (Å²) in [5.41, 5.74) is 6.11. The highest BCUT2D eigenvalue weighted by Gasteiger charge is 2.10. The third kappa shape index (κ3) is 3.78. The smallest absolute Gasteiger partial charge is 0.142 e. The van der Waals surface area contributed by atoms with Gasteiger partial charge in [-0.15, -0.1) is 0 Å². The van der Waals surface area contributed by atoms with Crippen molar-refractivity contribution in [1.29, 1.82) is 0 Å². The minimum absolute atomic E-state index is 0.540. The topological polar surface area (TPSA) is 21.3 Å². The Hall–Kier alpha value is -1.51. The average molecular weight is 304 g/mol. The lowest BCUT2D eigenvalue weighted by Gasteiger charge is -2.16. The molecule has 0 aliphatic heterocycles. The largest absolute Gasteiger partial charge is 0.487 e. The van der Waals surface area contributed by atoms with E-state index < -0.39 is 0 Å². The molecule has 0 aliphatic rings. The molecule has 0 atom stereocenters. The van der Waals surface area contributed by atoms with Crippen molar-refractivity contribution >= 4 is 11.6 Å². The van der Waals surface area contributed by atoms with Crippen LogP contribution in [0.15, 0.2) is 30.3 Å². The number of nitrogens with one attached hydrogen (secondary N) is 1. The number of hydrogen-bond donors (Lipinski definition) is 1. The Labute approximate surface area is 132 Å². The van der Waals surface area contributed by atoms with Gasteiger partial charge in [0.25, 0.3) is 0 Å². The van der Waals surface area contributed by atoms with E-state index in [2.05, 4.69) is 38.2 Å².